The Morgan fingerprint density at radius 1 is 1.20 bits per heavy atom. The molecule has 1 unspecified atom stereocenters. The Morgan fingerprint density at radius 3 is 2.84 bits per heavy atom. The number of aromatic amines is 1. The molecule has 126 valence electrons. The Kier molecular flexibility index (Phi) is 4.05. The lowest BCUT2D eigenvalue weighted by Gasteiger charge is -2.11. The van der Waals surface area contributed by atoms with E-state index in [1.54, 1.807) is 35.5 Å². The summed E-state index contributed by atoms with van der Waals surface area (Å²) in [7, 11) is 0. The van der Waals surface area contributed by atoms with Crippen LogP contribution in [0.3, 0.4) is 0 Å². The van der Waals surface area contributed by atoms with Gasteiger partial charge in [0.2, 0.25) is 0 Å². The molecule has 0 radical (unpaired) electrons. The molecule has 5 nitrogen and oxygen atoms in total. The highest BCUT2D eigenvalue weighted by Crippen LogP contribution is 2.39. The molecule has 4 rings (SSSR count). The predicted molar refractivity (Wildman–Crippen MR) is 104 cm³/mol. The number of benzene rings is 1. The maximum Gasteiger partial charge on any atom is 0.258 e. The number of nitrogens with zero attached hydrogens (tertiary/aromatic N) is 3. The molecule has 1 aromatic carbocycles. The van der Waals surface area contributed by atoms with Crippen molar-refractivity contribution >= 4 is 44.2 Å². The molecule has 25 heavy (non-hydrogen) atoms. The number of para-hydroxylation sites is 1. The molecule has 3 aromatic heterocycles. The fraction of sp³-hybridized carbons (Fsp3) is 0.222. The van der Waals surface area contributed by atoms with Crippen LogP contribution in [0, 0.1) is 13.8 Å². The number of thiophene rings is 1. The van der Waals surface area contributed by atoms with Crippen molar-refractivity contribution in [2.24, 2.45) is 0 Å². The van der Waals surface area contributed by atoms with Crippen LogP contribution in [0.1, 0.15) is 28.4 Å². The van der Waals surface area contributed by atoms with Crippen molar-refractivity contribution in [1.82, 2.24) is 19.9 Å². The summed E-state index contributed by atoms with van der Waals surface area (Å²) in [5, 5.41) is 2.60. The zero-order chi connectivity index (χ0) is 17.6. The highest BCUT2D eigenvalue weighted by Gasteiger charge is 2.18. The molecule has 1 atom stereocenters. The number of fused-ring (bicyclic) bond motifs is 2. The second-order valence-electron chi connectivity index (χ2n) is 5.87. The van der Waals surface area contributed by atoms with Gasteiger partial charge in [-0.3, -0.25) is 4.79 Å². The quantitative estimate of drug-likeness (QED) is 0.429. The van der Waals surface area contributed by atoms with Gasteiger partial charge in [-0.25, -0.2) is 15.0 Å². The molecule has 1 N–H and O–H groups in total. The number of aromatic nitrogens is 4. The molecule has 0 bridgehead atoms. The van der Waals surface area contributed by atoms with Gasteiger partial charge in [-0.15, -0.1) is 11.3 Å². The molecule has 0 saturated carbocycles. The third-order valence-electron chi connectivity index (χ3n) is 4.24. The van der Waals surface area contributed by atoms with Crippen LogP contribution < -0.4 is 5.56 Å². The SMILES string of the molecule is Cc1sc2ncnc(SC(C)c3nc4ccccc4c(=O)[nH]3)c2c1C. The maximum atomic E-state index is 12.3. The monoisotopic (exact) mass is 368 g/mol. The van der Waals surface area contributed by atoms with Crippen molar-refractivity contribution in [1.29, 1.82) is 0 Å². The first-order valence-electron chi connectivity index (χ1n) is 7.91. The van der Waals surface area contributed by atoms with Crippen LogP contribution in [0.4, 0.5) is 0 Å². The van der Waals surface area contributed by atoms with Crippen molar-refractivity contribution in [3.8, 4) is 0 Å². The summed E-state index contributed by atoms with van der Waals surface area (Å²) in [6.07, 6.45) is 1.60. The third-order valence-corrected chi connectivity index (χ3v) is 6.46. The number of hydrogen-bond acceptors (Lipinski definition) is 6. The first-order valence-corrected chi connectivity index (χ1v) is 9.60. The zero-order valence-corrected chi connectivity index (χ0v) is 15.7. The van der Waals surface area contributed by atoms with Crippen molar-refractivity contribution in [3.63, 3.8) is 0 Å². The van der Waals surface area contributed by atoms with Crippen LogP contribution in [-0.4, -0.2) is 19.9 Å². The Morgan fingerprint density at radius 2 is 2.00 bits per heavy atom. The first-order chi connectivity index (χ1) is 12.0. The largest absolute Gasteiger partial charge is 0.309 e. The van der Waals surface area contributed by atoms with Gasteiger partial charge in [-0.05, 0) is 38.5 Å². The van der Waals surface area contributed by atoms with E-state index in [4.69, 9.17) is 0 Å². The lowest BCUT2D eigenvalue weighted by atomic mass is 10.2. The standard InChI is InChI=1S/C18H16N4OS2/c1-9-10(2)24-17-14(9)18(20-8-19-17)25-11(3)15-21-13-7-5-4-6-12(13)16(23)22-15/h4-8,11H,1-3H3,(H,21,22,23). The van der Waals surface area contributed by atoms with Gasteiger partial charge in [0, 0.05) is 10.3 Å². The average molecular weight is 368 g/mol. The number of rotatable bonds is 3. The number of aryl methyl sites for hydroxylation is 2. The van der Waals surface area contributed by atoms with Crippen LogP contribution in [0.5, 0.6) is 0 Å². The molecule has 7 heteroatoms. The Labute approximate surface area is 152 Å². The van der Waals surface area contributed by atoms with Gasteiger partial charge in [0.1, 0.15) is 22.0 Å². The van der Waals surface area contributed by atoms with Gasteiger partial charge in [-0.1, -0.05) is 23.9 Å². The second-order valence-corrected chi connectivity index (χ2v) is 8.40. The van der Waals surface area contributed by atoms with Crippen LogP contribution in [-0.2, 0) is 0 Å². The second kappa shape index (κ2) is 6.24. The molecule has 0 spiro atoms. The molecular formula is C18H16N4OS2. The van der Waals surface area contributed by atoms with Crippen molar-refractivity contribution < 1.29 is 0 Å². The van der Waals surface area contributed by atoms with Crippen LogP contribution >= 0.6 is 23.1 Å². The number of thioether (sulfide) groups is 1. The third kappa shape index (κ3) is 2.83. The minimum Gasteiger partial charge on any atom is -0.309 e. The summed E-state index contributed by atoms with van der Waals surface area (Å²) in [5.41, 5.74) is 1.82. The van der Waals surface area contributed by atoms with E-state index in [1.165, 1.54) is 10.4 Å². The molecular weight excluding hydrogens is 352 g/mol. The van der Waals surface area contributed by atoms with E-state index in [9.17, 15) is 4.79 Å². The molecule has 0 saturated heterocycles. The fourth-order valence-corrected chi connectivity index (χ4v) is 4.85. The average Bonchev–Trinajstić information content (AvgIpc) is 2.90. The van der Waals surface area contributed by atoms with E-state index < -0.39 is 0 Å². The van der Waals surface area contributed by atoms with E-state index in [-0.39, 0.29) is 10.8 Å². The van der Waals surface area contributed by atoms with Crippen LogP contribution in [0.15, 0.2) is 40.4 Å². The molecule has 0 aliphatic carbocycles. The number of hydrogen-bond donors (Lipinski definition) is 1. The normalized spacial score (nSPS) is 12.8. The van der Waals surface area contributed by atoms with Crippen LogP contribution in [0.25, 0.3) is 21.1 Å². The van der Waals surface area contributed by atoms with Gasteiger partial charge >= 0.3 is 0 Å². The van der Waals surface area contributed by atoms with E-state index in [1.807, 2.05) is 25.1 Å². The predicted octanol–water partition coefficient (Wildman–Crippen LogP) is 4.40. The minimum absolute atomic E-state index is 0.0324. The van der Waals surface area contributed by atoms with Crippen molar-refractivity contribution in [3.05, 3.63) is 57.2 Å². The molecule has 4 aromatic rings. The summed E-state index contributed by atoms with van der Waals surface area (Å²) in [4.78, 5) is 30.9. The Bertz CT molecular complexity index is 1150. The summed E-state index contributed by atoms with van der Waals surface area (Å²) in [6.45, 7) is 6.23. The Balaban J connectivity index is 1.76. The lowest BCUT2D eigenvalue weighted by molar-refractivity contribution is 0.919. The van der Waals surface area contributed by atoms with E-state index >= 15 is 0 Å². The summed E-state index contributed by atoms with van der Waals surface area (Å²) in [6, 6.07) is 7.38. The van der Waals surface area contributed by atoms with E-state index in [0.29, 0.717) is 16.7 Å². The number of H-pyrrole nitrogens is 1. The van der Waals surface area contributed by atoms with Gasteiger partial charge in [0.05, 0.1) is 16.2 Å². The van der Waals surface area contributed by atoms with Crippen molar-refractivity contribution in [2.45, 2.75) is 31.0 Å². The van der Waals surface area contributed by atoms with Gasteiger partial charge in [-0.2, -0.15) is 0 Å². The number of nitrogens with one attached hydrogen (secondary N) is 1. The van der Waals surface area contributed by atoms with E-state index in [2.05, 4.69) is 33.8 Å². The van der Waals surface area contributed by atoms with Gasteiger partial charge < -0.3 is 4.98 Å². The van der Waals surface area contributed by atoms with E-state index in [0.717, 1.165) is 15.2 Å². The smallest absolute Gasteiger partial charge is 0.258 e. The van der Waals surface area contributed by atoms with Gasteiger partial charge in [0.25, 0.3) is 5.56 Å². The van der Waals surface area contributed by atoms with Crippen molar-refractivity contribution in [2.75, 3.05) is 0 Å². The summed E-state index contributed by atoms with van der Waals surface area (Å²) >= 11 is 3.28. The Hall–Kier alpha value is -2.25. The lowest BCUT2D eigenvalue weighted by Crippen LogP contribution is -2.12. The van der Waals surface area contributed by atoms with Gasteiger partial charge in [0.15, 0.2) is 0 Å². The highest BCUT2D eigenvalue weighted by molar-refractivity contribution is 7.99. The summed E-state index contributed by atoms with van der Waals surface area (Å²) < 4.78 is 0. The zero-order valence-electron chi connectivity index (χ0n) is 14.0. The fourth-order valence-electron chi connectivity index (χ4n) is 2.76. The maximum absolute atomic E-state index is 12.3. The molecule has 0 aliphatic heterocycles. The molecule has 0 aliphatic rings. The topological polar surface area (TPSA) is 71.5 Å². The highest BCUT2D eigenvalue weighted by atomic mass is 32.2. The molecule has 0 amide bonds. The summed E-state index contributed by atoms with van der Waals surface area (Å²) in [5.74, 6) is 0.657. The molecule has 0 fully saturated rings. The van der Waals surface area contributed by atoms with Crippen LogP contribution in [0.2, 0.25) is 0 Å². The first kappa shape index (κ1) is 16.2. The minimum atomic E-state index is -0.108. The molecule has 3 heterocycles.